The highest BCUT2D eigenvalue weighted by atomic mass is 79.9. The quantitative estimate of drug-likeness (QED) is 0.848. The summed E-state index contributed by atoms with van der Waals surface area (Å²) in [7, 11) is -3.57. The summed E-state index contributed by atoms with van der Waals surface area (Å²) in [5.41, 5.74) is 1.44. The molecule has 0 saturated carbocycles. The monoisotopic (exact) mass is 315 g/mol. The molecule has 2 rings (SSSR count). The molecule has 1 aromatic carbocycles. The second-order valence-corrected chi connectivity index (χ2v) is 5.57. The van der Waals surface area contributed by atoms with Crippen molar-refractivity contribution in [3.8, 4) is 0 Å². The average molecular weight is 316 g/mol. The van der Waals surface area contributed by atoms with Gasteiger partial charge in [-0.1, -0.05) is 34.1 Å². The number of rotatable bonds is 4. The Kier molecular flexibility index (Phi) is 3.49. The molecule has 7 heteroatoms. The number of aromatic nitrogens is 2. The lowest BCUT2D eigenvalue weighted by Crippen LogP contribution is -2.13. The van der Waals surface area contributed by atoms with Crippen molar-refractivity contribution in [2.24, 2.45) is 0 Å². The van der Waals surface area contributed by atoms with E-state index in [1.165, 1.54) is 12.4 Å². The minimum atomic E-state index is -3.57. The third kappa shape index (κ3) is 2.67. The molecule has 0 aliphatic heterocycles. The number of H-pyrrole nitrogens is 1. The molecule has 0 aliphatic rings. The maximum atomic E-state index is 11.9. The van der Waals surface area contributed by atoms with E-state index >= 15 is 0 Å². The molecule has 1 aromatic heterocycles. The highest BCUT2D eigenvalue weighted by molar-refractivity contribution is 9.08. The van der Waals surface area contributed by atoms with Crippen LogP contribution in [0, 0.1) is 0 Å². The van der Waals surface area contributed by atoms with Crippen molar-refractivity contribution in [3.63, 3.8) is 0 Å². The van der Waals surface area contributed by atoms with Gasteiger partial charge in [0, 0.05) is 11.5 Å². The number of nitrogens with zero attached hydrogens (tertiary/aromatic N) is 1. The Morgan fingerprint density at radius 2 is 2.12 bits per heavy atom. The van der Waals surface area contributed by atoms with Crippen LogP contribution in [0.4, 0.5) is 5.69 Å². The van der Waals surface area contributed by atoms with Crippen LogP contribution >= 0.6 is 15.9 Å². The summed E-state index contributed by atoms with van der Waals surface area (Å²) in [4.78, 5) is 0.113. The Balaban J connectivity index is 2.33. The molecule has 2 N–H and O–H groups in total. The molecular formula is C10H10BrN3O2S. The standard InChI is InChI=1S/C10H10BrN3O2S/c11-5-8-3-1-2-4-10(8)14-17(15,16)9-6-12-13-7-9/h1-4,6-7,14H,5H2,(H,12,13). The first kappa shape index (κ1) is 12.1. The van der Waals surface area contributed by atoms with E-state index in [2.05, 4.69) is 30.8 Å². The third-order valence-electron chi connectivity index (χ3n) is 2.19. The van der Waals surface area contributed by atoms with E-state index in [1.807, 2.05) is 12.1 Å². The normalized spacial score (nSPS) is 11.4. The molecule has 0 amide bonds. The highest BCUT2D eigenvalue weighted by Crippen LogP contribution is 2.21. The van der Waals surface area contributed by atoms with Crippen molar-refractivity contribution in [2.45, 2.75) is 10.2 Å². The van der Waals surface area contributed by atoms with Gasteiger partial charge < -0.3 is 0 Å². The predicted molar refractivity (Wildman–Crippen MR) is 68.5 cm³/mol. The number of para-hydroxylation sites is 1. The lowest BCUT2D eigenvalue weighted by atomic mass is 10.2. The molecule has 0 fully saturated rings. The molecule has 1 heterocycles. The number of hydrogen-bond acceptors (Lipinski definition) is 3. The molecule has 0 saturated heterocycles. The first-order valence-corrected chi connectivity index (χ1v) is 7.39. The van der Waals surface area contributed by atoms with Crippen molar-refractivity contribution in [1.82, 2.24) is 10.2 Å². The number of anilines is 1. The van der Waals surface area contributed by atoms with Crippen molar-refractivity contribution in [1.29, 1.82) is 0 Å². The minimum absolute atomic E-state index is 0.113. The van der Waals surface area contributed by atoms with Gasteiger partial charge in [0.15, 0.2) is 0 Å². The van der Waals surface area contributed by atoms with Crippen molar-refractivity contribution in [3.05, 3.63) is 42.2 Å². The van der Waals surface area contributed by atoms with E-state index in [4.69, 9.17) is 0 Å². The van der Waals surface area contributed by atoms with Crippen LogP contribution in [0.2, 0.25) is 0 Å². The van der Waals surface area contributed by atoms with Crippen molar-refractivity contribution in [2.75, 3.05) is 4.72 Å². The second kappa shape index (κ2) is 4.89. The van der Waals surface area contributed by atoms with E-state index in [9.17, 15) is 8.42 Å². The van der Waals surface area contributed by atoms with Gasteiger partial charge >= 0.3 is 0 Å². The Morgan fingerprint density at radius 1 is 1.35 bits per heavy atom. The molecule has 90 valence electrons. The van der Waals surface area contributed by atoms with Gasteiger partial charge in [-0.05, 0) is 11.6 Å². The maximum absolute atomic E-state index is 11.9. The van der Waals surface area contributed by atoms with Crippen molar-refractivity contribution >= 4 is 31.6 Å². The van der Waals surface area contributed by atoms with Crippen LogP contribution in [0.5, 0.6) is 0 Å². The molecule has 0 bridgehead atoms. The van der Waals surface area contributed by atoms with Crippen LogP contribution in [0.3, 0.4) is 0 Å². The lowest BCUT2D eigenvalue weighted by Gasteiger charge is -2.09. The molecule has 17 heavy (non-hydrogen) atoms. The Morgan fingerprint density at radius 3 is 2.76 bits per heavy atom. The van der Waals surface area contributed by atoms with Gasteiger partial charge in [-0.15, -0.1) is 0 Å². The average Bonchev–Trinajstić information content (AvgIpc) is 2.83. The largest absolute Gasteiger partial charge is 0.284 e. The SMILES string of the molecule is O=S(=O)(Nc1ccccc1CBr)c1cn[nH]c1. The zero-order valence-electron chi connectivity index (χ0n) is 8.72. The van der Waals surface area contributed by atoms with Gasteiger partial charge in [0.1, 0.15) is 4.90 Å². The van der Waals surface area contributed by atoms with Crippen molar-refractivity contribution < 1.29 is 8.42 Å². The van der Waals surface area contributed by atoms with E-state index in [0.717, 1.165) is 5.56 Å². The number of nitrogens with one attached hydrogen (secondary N) is 2. The Hall–Kier alpha value is -1.34. The first-order valence-electron chi connectivity index (χ1n) is 4.79. The number of sulfonamides is 1. The van der Waals surface area contributed by atoms with Gasteiger partial charge in [-0.2, -0.15) is 5.10 Å². The molecule has 0 spiro atoms. The maximum Gasteiger partial charge on any atom is 0.265 e. The molecule has 0 radical (unpaired) electrons. The van der Waals surface area contributed by atoms with Crippen LogP contribution in [0.1, 0.15) is 5.56 Å². The summed E-state index contributed by atoms with van der Waals surface area (Å²) in [5, 5.41) is 6.67. The molecule has 0 unspecified atom stereocenters. The van der Waals surface area contributed by atoms with Crippen LogP contribution in [0.25, 0.3) is 0 Å². The smallest absolute Gasteiger partial charge is 0.265 e. The van der Waals surface area contributed by atoms with Gasteiger partial charge in [0.05, 0.1) is 11.9 Å². The van der Waals surface area contributed by atoms with Crippen LogP contribution in [-0.4, -0.2) is 18.6 Å². The van der Waals surface area contributed by atoms with Gasteiger partial charge in [-0.3, -0.25) is 9.82 Å². The van der Waals surface area contributed by atoms with E-state index in [-0.39, 0.29) is 4.90 Å². The third-order valence-corrected chi connectivity index (χ3v) is 4.13. The van der Waals surface area contributed by atoms with E-state index < -0.39 is 10.0 Å². The summed E-state index contributed by atoms with van der Waals surface area (Å²) in [6, 6.07) is 7.20. The van der Waals surface area contributed by atoms with Crippen LogP contribution < -0.4 is 4.72 Å². The number of aromatic amines is 1. The molecule has 0 atom stereocenters. The molecular weight excluding hydrogens is 306 g/mol. The minimum Gasteiger partial charge on any atom is -0.284 e. The second-order valence-electron chi connectivity index (χ2n) is 3.33. The van der Waals surface area contributed by atoms with Gasteiger partial charge in [-0.25, -0.2) is 8.42 Å². The Bertz CT molecular complexity index is 596. The predicted octanol–water partition coefficient (Wildman–Crippen LogP) is 2.11. The lowest BCUT2D eigenvalue weighted by molar-refractivity contribution is 0.601. The molecule has 5 nitrogen and oxygen atoms in total. The number of benzene rings is 1. The first-order chi connectivity index (χ1) is 8.13. The number of alkyl halides is 1. The zero-order chi connectivity index (χ0) is 12.3. The van der Waals surface area contributed by atoms with Gasteiger partial charge in [0.25, 0.3) is 10.0 Å². The summed E-state index contributed by atoms with van der Waals surface area (Å²) in [6.07, 6.45) is 2.60. The fourth-order valence-electron chi connectivity index (χ4n) is 1.33. The zero-order valence-corrected chi connectivity index (χ0v) is 11.1. The van der Waals surface area contributed by atoms with Crippen LogP contribution in [0.15, 0.2) is 41.6 Å². The molecule has 2 aromatic rings. The molecule has 0 aliphatic carbocycles. The fraction of sp³-hybridized carbons (Fsp3) is 0.100. The summed E-state index contributed by atoms with van der Waals surface area (Å²) in [6.45, 7) is 0. The van der Waals surface area contributed by atoms with Crippen LogP contribution in [-0.2, 0) is 15.4 Å². The Labute approximate surface area is 107 Å². The topological polar surface area (TPSA) is 74.8 Å². The number of halogens is 1. The van der Waals surface area contributed by atoms with E-state index in [0.29, 0.717) is 11.0 Å². The summed E-state index contributed by atoms with van der Waals surface area (Å²) in [5.74, 6) is 0. The summed E-state index contributed by atoms with van der Waals surface area (Å²) >= 11 is 3.31. The number of hydrogen-bond donors (Lipinski definition) is 2. The van der Waals surface area contributed by atoms with E-state index in [1.54, 1.807) is 12.1 Å². The highest BCUT2D eigenvalue weighted by Gasteiger charge is 2.16. The summed E-state index contributed by atoms with van der Waals surface area (Å²) < 4.78 is 26.4. The van der Waals surface area contributed by atoms with Gasteiger partial charge in [0.2, 0.25) is 0 Å². The fourth-order valence-corrected chi connectivity index (χ4v) is 2.82.